The molecule has 1 amide bonds. The van der Waals surface area contributed by atoms with Crippen molar-refractivity contribution in [3.05, 3.63) is 66.7 Å². The van der Waals surface area contributed by atoms with Gasteiger partial charge in [0.1, 0.15) is 5.84 Å². The van der Waals surface area contributed by atoms with E-state index in [0.29, 0.717) is 11.3 Å². The van der Waals surface area contributed by atoms with Crippen LogP contribution in [-0.4, -0.2) is 59.4 Å². The second-order valence-electron chi connectivity index (χ2n) is 8.08. The molecule has 5 rings (SSSR count). The summed E-state index contributed by atoms with van der Waals surface area (Å²) in [5, 5.41) is 6.78. The number of allylic oxidation sites excluding steroid dienone is 2. The van der Waals surface area contributed by atoms with Crippen molar-refractivity contribution in [1.82, 2.24) is 20.5 Å². The Morgan fingerprint density at radius 3 is 2.83 bits per heavy atom. The van der Waals surface area contributed by atoms with Gasteiger partial charge in [0, 0.05) is 23.7 Å². The molecule has 4 atom stereocenters. The highest BCUT2D eigenvalue weighted by Crippen LogP contribution is 2.23. The minimum atomic E-state index is -0.0479. The molecule has 7 heteroatoms. The first kappa shape index (κ1) is 18.8. The minimum absolute atomic E-state index is 0.0479. The highest BCUT2D eigenvalue weighted by Gasteiger charge is 2.36. The van der Waals surface area contributed by atoms with Crippen molar-refractivity contribution in [2.75, 3.05) is 13.6 Å². The number of carbonyl (C=O) groups excluding carboxylic acids is 1. The van der Waals surface area contributed by atoms with Crippen LogP contribution in [0.4, 0.5) is 0 Å². The average Bonchev–Trinajstić information content (AvgIpc) is 3.45. The van der Waals surface area contributed by atoms with Gasteiger partial charge in [0.15, 0.2) is 12.2 Å². The van der Waals surface area contributed by atoms with Gasteiger partial charge >= 0.3 is 0 Å². The van der Waals surface area contributed by atoms with Gasteiger partial charge in [-0.05, 0) is 32.0 Å². The van der Waals surface area contributed by atoms with Gasteiger partial charge in [0.05, 0.1) is 24.3 Å². The molecule has 1 fully saturated rings. The van der Waals surface area contributed by atoms with E-state index < -0.39 is 0 Å². The van der Waals surface area contributed by atoms with E-state index in [1.165, 1.54) is 6.39 Å². The molecule has 2 aliphatic heterocycles. The summed E-state index contributed by atoms with van der Waals surface area (Å²) in [6, 6.07) is 8.14. The van der Waals surface area contributed by atoms with Gasteiger partial charge in [-0.3, -0.25) is 14.7 Å². The molecule has 30 heavy (non-hydrogen) atoms. The van der Waals surface area contributed by atoms with Crippen LogP contribution in [0.3, 0.4) is 0 Å². The SMILES string of the molecule is CN1CC[C@@H](NC(=O)c2ccc(-c3cnco3)cc2)C[C@@H]1C1=NC2C=CC=CC2N1. The largest absolute Gasteiger partial charge is 0.444 e. The zero-order chi connectivity index (χ0) is 20.5. The van der Waals surface area contributed by atoms with Crippen LogP contribution in [0.25, 0.3) is 11.3 Å². The summed E-state index contributed by atoms with van der Waals surface area (Å²) in [5.74, 6) is 1.67. The van der Waals surface area contributed by atoms with Gasteiger partial charge < -0.3 is 15.1 Å². The minimum Gasteiger partial charge on any atom is -0.444 e. The maximum atomic E-state index is 12.8. The predicted molar refractivity (Wildman–Crippen MR) is 115 cm³/mol. The number of likely N-dealkylation sites (tertiary alicyclic amines) is 1. The average molecular weight is 403 g/mol. The number of aromatic nitrogens is 1. The molecule has 2 unspecified atom stereocenters. The van der Waals surface area contributed by atoms with Crippen LogP contribution in [0.15, 0.2) is 70.6 Å². The standard InChI is InChI=1S/C23H25N5O2/c1-28-11-10-17(12-20(28)22-26-18-4-2-3-5-19(18)27-22)25-23(29)16-8-6-15(7-9-16)21-13-24-14-30-21/h2-9,13-14,17-20H,10-12H2,1H3,(H,25,29)(H,26,27)/t17-,18?,19?,20-/m1/s1. The van der Waals surface area contributed by atoms with Crippen LogP contribution in [-0.2, 0) is 0 Å². The zero-order valence-electron chi connectivity index (χ0n) is 16.9. The summed E-state index contributed by atoms with van der Waals surface area (Å²) in [4.78, 5) is 23.9. The quantitative estimate of drug-likeness (QED) is 0.819. The Kier molecular flexibility index (Phi) is 4.96. The predicted octanol–water partition coefficient (Wildman–Crippen LogP) is 2.40. The summed E-state index contributed by atoms with van der Waals surface area (Å²) in [7, 11) is 2.13. The molecule has 0 radical (unpaired) electrons. The molecule has 1 aromatic heterocycles. The van der Waals surface area contributed by atoms with E-state index in [1.807, 2.05) is 24.3 Å². The number of aliphatic imine (C=N–C) groups is 1. The number of hydrogen-bond donors (Lipinski definition) is 2. The summed E-state index contributed by atoms with van der Waals surface area (Å²) in [6.07, 6.45) is 13.2. The van der Waals surface area contributed by atoms with Gasteiger partial charge in [-0.2, -0.15) is 0 Å². The van der Waals surface area contributed by atoms with Crippen molar-refractivity contribution in [3.8, 4) is 11.3 Å². The lowest BCUT2D eigenvalue weighted by Crippen LogP contribution is -2.54. The number of oxazole rings is 1. The number of hydrogen-bond acceptors (Lipinski definition) is 6. The van der Waals surface area contributed by atoms with Gasteiger partial charge in [-0.1, -0.05) is 36.4 Å². The van der Waals surface area contributed by atoms with E-state index in [-0.39, 0.29) is 30.1 Å². The third-order valence-corrected chi connectivity index (χ3v) is 6.09. The summed E-state index contributed by atoms with van der Waals surface area (Å²) < 4.78 is 5.31. The summed E-state index contributed by atoms with van der Waals surface area (Å²) in [6.45, 7) is 0.918. The maximum absolute atomic E-state index is 12.8. The van der Waals surface area contributed by atoms with Crippen LogP contribution < -0.4 is 10.6 Å². The molecule has 2 N–H and O–H groups in total. The fourth-order valence-corrected chi connectivity index (χ4v) is 4.35. The van der Waals surface area contributed by atoms with Gasteiger partial charge in [-0.15, -0.1) is 0 Å². The monoisotopic (exact) mass is 403 g/mol. The molecule has 1 aliphatic carbocycles. The molecule has 1 aromatic carbocycles. The smallest absolute Gasteiger partial charge is 0.251 e. The first-order chi connectivity index (χ1) is 14.7. The molecule has 154 valence electrons. The molecular weight excluding hydrogens is 378 g/mol. The number of rotatable bonds is 4. The fourth-order valence-electron chi connectivity index (χ4n) is 4.35. The van der Waals surface area contributed by atoms with Crippen molar-refractivity contribution in [3.63, 3.8) is 0 Å². The number of nitrogens with one attached hydrogen (secondary N) is 2. The van der Waals surface area contributed by atoms with E-state index in [0.717, 1.165) is 30.8 Å². The Hall–Kier alpha value is -3.19. The number of carbonyl (C=O) groups is 1. The third kappa shape index (κ3) is 3.68. The van der Waals surface area contributed by atoms with Gasteiger partial charge in [0.2, 0.25) is 0 Å². The van der Waals surface area contributed by atoms with Crippen molar-refractivity contribution in [2.45, 2.75) is 37.0 Å². The Morgan fingerprint density at radius 2 is 2.07 bits per heavy atom. The highest BCUT2D eigenvalue weighted by molar-refractivity contribution is 5.95. The lowest BCUT2D eigenvalue weighted by molar-refractivity contribution is 0.0907. The molecule has 0 spiro atoms. The van der Waals surface area contributed by atoms with Crippen LogP contribution in [0.2, 0.25) is 0 Å². The molecule has 3 heterocycles. The molecule has 1 saturated heterocycles. The first-order valence-electron chi connectivity index (χ1n) is 10.4. The van der Waals surface area contributed by atoms with Gasteiger partial charge in [-0.25, -0.2) is 4.98 Å². The van der Waals surface area contributed by atoms with E-state index >= 15 is 0 Å². The second kappa shape index (κ2) is 7.91. The molecule has 0 bridgehead atoms. The van der Waals surface area contributed by atoms with Crippen LogP contribution in [0.5, 0.6) is 0 Å². The normalized spacial score (nSPS) is 28.0. The van der Waals surface area contributed by atoms with Gasteiger partial charge in [0.25, 0.3) is 5.91 Å². The Balaban J connectivity index is 1.23. The highest BCUT2D eigenvalue weighted by atomic mass is 16.3. The Morgan fingerprint density at radius 1 is 1.23 bits per heavy atom. The van der Waals surface area contributed by atoms with E-state index in [1.54, 1.807) is 6.20 Å². The third-order valence-electron chi connectivity index (χ3n) is 6.09. The number of amides is 1. The Labute approximate surface area is 175 Å². The van der Waals surface area contributed by atoms with Crippen molar-refractivity contribution in [2.24, 2.45) is 4.99 Å². The number of amidine groups is 1. The molecule has 3 aliphatic rings. The zero-order valence-corrected chi connectivity index (χ0v) is 16.9. The number of fused-ring (bicyclic) bond motifs is 1. The molecule has 7 nitrogen and oxygen atoms in total. The number of piperidine rings is 1. The summed E-state index contributed by atoms with van der Waals surface area (Å²) in [5.41, 5.74) is 1.55. The molecule has 0 saturated carbocycles. The topological polar surface area (TPSA) is 82.8 Å². The van der Waals surface area contributed by atoms with Crippen molar-refractivity contribution >= 4 is 11.7 Å². The number of nitrogens with zero attached hydrogens (tertiary/aromatic N) is 3. The second-order valence-corrected chi connectivity index (χ2v) is 8.08. The van der Waals surface area contributed by atoms with Crippen LogP contribution >= 0.6 is 0 Å². The number of likely N-dealkylation sites (N-methyl/N-ethyl adjacent to an activating group) is 1. The maximum Gasteiger partial charge on any atom is 0.251 e. The first-order valence-corrected chi connectivity index (χ1v) is 10.4. The van der Waals surface area contributed by atoms with Crippen LogP contribution in [0.1, 0.15) is 23.2 Å². The Bertz CT molecular complexity index is 993. The molecule has 2 aromatic rings. The van der Waals surface area contributed by atoms with Crippen molar-refractivity contribution < 1.29 is 9.21 Å². The number of benzene rings is 1. The lowest BCUT2D eigenvalue weighted by atomic mass is 9.96. The van der Waals surface area contributed by atoms with Crippen LogP contribution in [0, 0.1) is 0 Å². The van der Waals surface area contributed by atoms with E-state index in [9.17, 15) is 4.79 Å². The lowest BCUT2D eigenvalue weighted by Gasteiger charge is -2.37. The van der Waals surface area contributed by atoms with Crippen molar-refractivity contribution in [1.29, 1.82) is 0 Å². The fraction of sp³-hybridized carbons (Fsp3) is 0.348. The molecular formula is C23H25N5O2. The van der Waals surface area contributed by atoms with E-state index in [4.69, 9.17) is 9.41 Å². The van der Waals surface area contributed by atoms with E-state index in [2.05, 4.69) is 51.9 Å². The summed E-state index contributed by atoms with van der Waals surface area (Å²) >= 11 is 0.